The minimum atomic E-state index is 0. The summed E-state index contributed by atoms with van der Waals surface area (Å²) in [6.45, 7) is 0. The number of hydrogen-bond donors (Lipinski definition) is 0. The van der Waals surface area contributed by atoms with Gasteiger partial charge in [0.05, 0.1) is 0 Å². The van der Waals surface area contributed by atoms with Crippen LogP contribution in [-0.4, -0.2) is 0 Å². The van der Waals surface area contributed by atoms with Crippen molar-refractivity contribution < 1.29 is 38.6 Å². The third-order valence-corrected chi connectivity index (χ3v) is 5.61. The minimum absolute atomic E-state index is 0. The molecule has 0 aromatic carbocycles. The topological polar surface area (TPSA) is 0 Å². The molecule has 0 amide bonds. The summed E-state index contributed by atoms with van der Waals surface area (Å²) in [5, 5.41) is 0. The van der Waals surface area contributed by atoms with E-state index in [1.54, 1.807) is 11.1 Å². The van der Waals surface area contributed by atoms with Crippen molar-refractivity contribution in [3.63, 3.8) is 0 Å². The Morgan fingerprint density at radius 3 is 1.71 bits per heavy atom. The number of allylic oxidation sites excluding steroid dienone is 8. The normalized spacial score (nSPS) is 36.0. The summed E-state index contributed by atoms with van der Waals surface area (Å²) < 4.78 is 0. The molecule has 0 nitrogen and oxygen atoms in total. The van der Waals surface area contributed by atoms with E-state index < -0.39 is 0 Å². The Morgan fingerprint density at radius 1 is 0.762 bits per heavy atom. The van der Waals surface area contributed by atoms with Gasteiger partial charge in [-0.25, -0.2) is 0 Å². The first-order chi connectivity index (χ1) is 9.42. The van der Waals surface area contributed by atoms with Crippen LogP contribution in [0.5, 0.6) is 0 Å². The molecule has 21 heavy (non-hydrogen) atoms. The van der Waals surface area contributed by atoms with Gasteiger partial charge in [-0.05, 0) is 37.5 Å². The van der Waals surface area contributed by atoms with Gasteiger partial charge >= 0.3 is 26.2 Å². The monoisotopic (exact) mass is 376 g/mol. The van der Waals surface area contributed by atoms with Crippen LogP contribution in [0, 0.1) is 30.1 Å². The zero-order chi connectivity index (χ0) is 12.7. The van der Waals surface area contributed by atoms with Gasteiger partial charge in [0.15, 0.2) is 0 Å². The summed E-state index contributed by atoms with van der Waals surface area (Å²) in [5.41, 5.74) is 3.47. The number of hydrogen-bond acceptors (Lipinski definition) is 0. The van der Waals surface area contributed by atoms with Crippen molar-refractivity contribution in [3.05, 3.63) is 54.0 Å². The van der Waals surface area contributed by atoms with Gasteiger partial charge in [-0.3, -0.25) is 0 Å². The molecule has 0 bridgehead atoms. The van der Waals surface area contributed by atoms with E-state index >= 15 is 0 Å². The average Bonchev–Trinajstić information content (AvgIpc) is 3.05. The molecule has 0 aromatic heterocycles. The SMILES string of the molecule is C1=CCC2CCC([CH-]C3CCC4CC=CC=C34)C2=C1.[Cl-].[Zr+2]. The van der Waals surface area contributed by atoms with E-state index in [4.69, 9.17) is 0 Å². The molecular formula is C19H23ClZr. The second kappa shape index (κ2) is 7.60. The Bertz CT molecular complexity index is 442. The second-order valence-corrected chi connectivity index (χ2v) is 6.62. The van der Waals surface area contributed by atoms with Gasteiger partial charge in [0.25, 0.3) is 0 Å². The van der Waals surface area contributed by atoms with E-state index in [0.29, 0.717) is 0 Å². The standard InChI is InChI=1S/C19H23.ClH.Zr/c1-3-7-18-14(5-1)9-11-16(18)13-17-12-10-15-6-2-4-8-19(15)17;;/h1-4,7-8,13-17H,5-6,9-12H2;1H;/q-1;;+2/p-1. The van der Waals surface area contributed by atoms with Gasteiger partial charge in [0.2, 0.25) is 0 Å². The summed E-state index contributed by atoms with van der Waals surface area (Å²) in [6, 6.07) is 0. The molecule has 2 fully saturated rings. The first-order valence-corrected chi connectivity index (χ1v) is 8.00. The quantitative estimate of drug-likeness (QED) is 0.646. The van der Waals surface area contributed by atoms with Gasteiger partial charge in [0, 0.05) is 0 Å². The van der Waals surface area contributed by atoms with Crippen LogP contribution in [0.25, 0.3) is 0 Å². The fourth-order valence-electron chi connectivity index (χ4n) is 4.60. The van der Waals surface area contributed by atoms with Gasteiger partial charge < -0.3 is 18.8 Å². The molecule has 2 heteroatoms. The number of rotatable bonds is 2. The van der Waals surface area contributed by atoms with Gasteiger partial charge in [-0.2, -0.15) is 0 Å². The van der Waals surface area contributed by atoms with E-state index in [9.17, 15) is 0 Å². The smallest absolute Gasteiger partial charge is 1.00 e. The van der Waals surface area contributed by atoms with Crippen LogP contribution < -0.4 is 12.4 Å². The summed E-state index contributed by atoms with van der Waals surface area (Å²) >= 11 is 0. The van der Waals surface area contributed by atoms with Crippen LogP contribution in [0.15, 0.2) is 47.6 Å². The molecule has 0 aliphatic heterocycles. The van der Waals surface area contributed by atoms with Crippen molar-refractivity contribution in [2.75, 3.05) is 0 Å². The minimum Gasteiger partial charge on any atom is -1.00 e. The van der Waals surface area contributed by atoms with Crippen LogP contribution in [0.4, 0.5) is 0 Å². The molecular weight excluding hydrogens is 355 g/mol. The molecule has 0 aromatic rings. The number of halogens is 1. The molecule has 4 atom stereocenters. The predicted molar refractivity (Wildman–Crippen MR) is 80.4 cm³/mol. The van der Waals surface area contributed by atoms with Gasteiger partial charge in [-0.1, -0.05) is 60.4 Å². The summed E-state index contributed by atoms with van der Waals surface area (Å²) in [7, 11) is 0. The summed E-state index contributed by atoms with van der Waals surface area (Å²) in [5.74, 6) is 3.27. The molecule has 4 rings (SSSR count). The molecule has 4 unspecified atom stereocenters. The Labute approximate surface area is 154 Å². The molecule has 2 saturated carbocycles. The molecule has 0 heterocycles. The molecule has 0 radical (unpaired) electrons. The maximum absolute atomic E-state index is 2.70. The van der Waals surface area contributed by atoms with Crippen LogP contribution in [0.1, 0.15) is 38.5 Å². The van der Waals surface area contributed by atoms with E-state index in [0.717, 1.165) is 23.7 Å². The maximum atomic E-state index is 2.70. The third-order valence-electron chi connectivity index (χ3n) is 5.61. The maximum Gasteiger partial charge on any atom is 2.00 e. The van der Waals surface area contributed by atoms with Crippen molar-refractivity contribution in [1.82, 2.24) is 0 Å². The first-order valence-electron chi connectivity index (χ1n) is 8.00. The molecule has 0 N–H and O–H groups in total. The summed E-state index contributed by atoms with van der Waals surface area (Å²) in [6.07, 6.45) is 24.9. The summed E-state index contributed by atoms with van der Waals surface area (Å²) in [4.78, 5) is 0. The van der Waals surface area contributed by atoms with Crippen molar-refractivity contribution in [1.29, 1.82) is 0 Å². The van der Waals surface area contributed by atoms with E-state index in [1.165, 1.54) is 38.5 Å². The molecule has 0 saturated heterocycles. The van der Waals surface area contributed by atoms with E-state index in [1.807, 2.05) is 0 Å². The number of fused-ring (bicyclic) bond motifs is 2. The Kier molecular flexibility index (Phi) is 6.33. The fourth-order valence-corrected chi connectivity index (χ4v) is 4.60. The average molecular weight is 378 g/mol. The molecule has 0 spiro atoms. The Hall–Kier alpha value is 0.133. The van der Waals surface area contributed by atoms with Crippen LogP contribution in [0.3, 0.4) is 0 Å². The van der Waals surface area contributed by atoms with Gasteiger partial charge in [-0.15, -0.1) is 11.8 Å². The zero-order valence-corrected chi connectivity index (χ0v) is 15.7. The second-order valence-electron chi connectivity index (χ2n) is 6.62. The van der Waals surface area contributed by atoms with Crippen LogP contribution >= 0.6 is 0 Å². The Morgan fingerprint density at radius 2 is 1.24 bits per heavy atom. The van der Waals surface area contributed by atoms with Crippen LogP contribution in [0.2, 0.25) is 0 Å². The first kappa shape index (κ1) is 17.5. The van der Waals surface area contributed by atoms with Crippen molar-refractivity contribution in [2.45, 2.75) is 38.5 Å². The van der Waals surface area contributed by atoms with Crippen LogP contribution in [-0.2, 0) is 26.2 Å². The van der Waals surface area contributed by atoms with Gasteiger partial charge in [0.1, 0.15) is 0 Å². The molecule has 4 aliphatic rings. The Balaban J connectivity index is 0.000000807. The largest absolute Gasteiger partial charge is 2.00 e. The molecule has 110 valence electrons. The van der Waals surface area contributed by atoms with E-state index in [-0.39, 0.29) is 38.6 Å². The van der Waals surface area contributed by atoms with Crippen molar-refractivity contribution >= 4 is 0 Å². The predicted octanol–water partition coefficient (Wildman–Crippen LogP) is 2.02. The molecule has 4 aliphatic carbocycles. The third kappa shape index (κ3) is 3.40. The van der Waals surface area contributed by atoms with Crippen molar-refractivity contribution in [2.24, 2.45) is 23.7 Å². The van der Waals surface area contributed by atoms with E-state index in [2.05, 4.69) is 42.9 Å². The van der Waals surface area contributed by atoms with Crippen molar-refractivity contribution in [3.8, 4) is 0 Å². The zero-order valence-electron chi connectivity index (χ0n) is 12.5. The fraction of sp³-hybridized carbons (Fsp3) is 0.526.